The van der Waals surface area contributed by atoms with Gasteiger partial charge in [-0.1, -0.05) is 129 Å². The Bertz CT molecular complexity index is 587. The monoisotopic (exact) mass is 508 g/mol. The third-order valence-corrected chi connectivity index (χ3v) is 8.96. The predicted molar refractivity (Wildman–Crippen MR) is 160 cm³/mol. The van der Waals surface area contributed by atoms with Gasteiger partial charge >= 0.3 is 0 Å². The lowest BCUT2D eigenvalue weighted by molar-refractivity contribution is 0.466. The average Bonchev–Trinajstić information content (AvgIpc) is 2.83. The lowest BCUT2D eigenvalue weighted by atomic mass is 10.1. The van der Waals surface area contributed by atoms with Gasteiger partial charge < -0.3 is 5.11 Å². The summed E-state index contributed by atoms with van der Waals surface area (Å²) in [5.74, 6) is 5.02. The highest BCUT2D eigenvalue weighted by molar-refractivity contribution is 7.98. The van der Waals surface area contributed by atoms with Crippen LogP contribution in [0.1, 0.15) is 146 Å². The van der Waals surface area contributed by atoms with E-state index in [0.29, 0.717) is 5.75 Å². The third-order valence-electron chi connectivity index (χ3n) is 6.75. The quantitative estimate of drug-likeness (QED) is 0.140. The number of thioether (sulfide) groups is 2. The van der Waals surface area contributed by atoms with Crippen molar-refractivity contribution in [2.75, 3.05) is 11.5 Å². The number of hydrogen-bond donors (Lipinski definition) is 1. The van der Waals surface area contributed by atoms with E-state index in [0.717, 1.165) is 22.6 Å². The van der Waals surface area contributed by atoms with Crippen molar-refractivity contribution < 1.29 is 5.11 Å². The summed E-state index contributed by atoms with van der Waals surface area (Å²) in [6, 6.07) is 4.45. The van der Waals surface area contributed by atoms with Crippen molar-refractivity contribution in [2.45, 2.75) is 148 Å². The first-order valence-electron chi connectivity index (χ1n) is 14.7. The Hall–Kier alpha value is -0.280. The summed E-state index contributed by atoms with van der Waals surface area (Å²) in [7, 11) is 0. The second kappa shape index (κ2) is 23.1. The number of phenolic OH excluding ortho intramolecular Hbond substituents is 1. The number of hydrogen-bond acceptors (Lipinski definition) is 3. The second-order valence-corrected chi connectivity index (χ2v) is 12.4. The van der Waals surface area contributed by atoms with Gasteiger partial charge in [-0.3, -0.25) is 0 Å². The zero-order valence-corrected chi connectivity index (χ0v) is 24.6. The number of benzene rings is 1. The van der Waals surface area contributed by atoms with Crippen LogP contribution < -0.4 is 0 Å². The molecule has 1 N–H and O–H groups in total. The summed E-state index contributed by atoms with van der Waals surface area (Å²) in [5.41, 5.74) is 3.56. The van der Waals surface area contributed by atoms with Crippen molar-refractivity contribution in [2.24, 2.45) is 0 Å². The van der Waals surface area contributed by atoms with Gasteiger partial charge in [-0.25, -0.2) is 0 Å². The highest BCUT2D eigenvalue weighted by Gasteiger charge is 2.08. The van der Waals surface area contributed by atoms with Crippen LogP contribution in [-0.2, 0) is 11.5 Å². The normalized spacial score (nSPS) is 11.4. The van der Waals surface area contributed by atoms with Crippen LogP contribution in [-0.4, -0.2) is 16.6 Å². The van der Waals surface area contributed by atoms with Crippen LogP contribution in [0.3, 0.4) is 0 Å². The van der Waals surface area contributed by atoms with Gasteiger partial charge in [0.2, 0.25) is 0 Å². The summed E-state index contributed by atoms with van der Waals surface area (Å²) in [4.78, 5) is 0. The van der Waals surface area contributed by atoms with E-state index in [9.17, 15) is 5.11 Å². The molecule has 34 heavy (non-hydrogen) atoms. The van der Waals surface area contributed by atoms with E-state index in [4.69, 9.17) is 0 Å². The molecular weight excluding hydrogens is 452 g/mol. The Morgan fingerprint density at radius 2 is 0.971 bits per heavy atom. The van der Waals surface area contributed by atoms with Gasteiger partial charge in [0.15, 0.2) is 0 Å². The summed E-state index contributed by atoms with van der Waals surface area (Å²) < 4.78 is 0. The van der Waals surface area contributed by atoms with Crippen molar-refractivity contribution in [3.05, 3.63) is 28.8 Å². The zero-order valence-electron chi connectivity index (χ0n) is 23.0. The first kappa shape index (κ1) is 31.7. The maximum absolute atomic E-state index is 10.5. The molecule has 0 fully saturated rings. The number of unbranched alkanes of at least 4 members (excludes halogenated alkanes) is 16. The van der Waals surface area contributed by atoms with E-state index in [1.807, 2.05) is 11.8 Å². The number of aromatic hydroxyl groups is 1. The molecule has 0 atom stereocenters. The molecule has 0 radical (unpaired) electrons. The smallest absolute Gasteiger partial charge is 0.122 e. The maximum atomic E-state index is 10.5. The predicted octanol–water partition coefficient (Wildman–Crippen LogP) is 11.2. The molecule has 0 aliphatic carbocycles. The molecule has 0 bridgehead atoms. The van der Waals surface area contributed by atoms with E-state index in [1.165, 1.54) is 133 Å². The molecule has 0 saturated heterocycles. The summed E-state index contributed by atoms with van der Waals surface area (Å²) >= 11 is 4.05. The van der Waals surface area contributed by atoms with Crippen molar-refractivity contribution in [1.29, 1.82) is 0 Å². The lowest BCUT2D eigenvalue weighted by Gasteiger charge is -2.11. The standard InChI is InChI=1S/C31H56OS2/c1-4-6-8-10-12-14-15-17-18-20-22-33-26-29-24-28(3)31(32)30(25-29)27-34-23-21-19-16-13-11-9-7-5-2/h24-25,32H,4-23,26-27H2,1-3H3. The average molecular weight is 509 g/mol. The van der Waals surface area contributed by atoms with Crippen LogP contribution in [0.15, 0.2) is 12.1 Å². The first-order chi connectivity index (χ1) is 16.7. The number of aryl methyl sites for hydroxylation is 1. The minimum absolute atomic E-state index is 0.520. The molecule has 198 valence electrons. The van der Waals surface area contributed by atoms with Gasteiger partial charge in [-0.15, -0.1) is 0 Å². The molecule has 0 unspecified atom stereocenters. The molecule has 0 saturated carbocycles. The van der Waals surface area contributed by atoms with Crippen LogP contribution in [0.2, 0.25) is 0 Å². The fourth-order valence-corrected chi connectivity index (χ4v) is 6.48. The maximum Gasteiger partial charge on any atom is 0.122 e. The van der Waals surface area contributed by atoms with Crippen LogP contribution >= 0.6 is 23.5 Å². The van der Waals surface area contributed by atoms with E-state index < -0.39 is 0 Å². The van der Waals surface area contributed by atoms with E-state index >= 15 is 0 Å². The molecule has 0 amide bonds. The number of phenols is 1. The van der Waals surface area contributed by atoms with Gasteiger partial charge in [0.1, 0.15) is 5.75 Å². The fourth-order valence-electron chi connectivity index (χ4n) is 4.53. The van der Waals surface area contributed by atoms with E-state index in [2.05, 4.69) is 44.7 Å². The topological polar surface area (TPSA) is 20.2 Å². The molecule has 0 aromatic heterocycles. The van der Waals surface area contributed by atoms with Crippen molar-refractivity contribution in [3.63, 3.8) is 0 Å². The highest BCUT2D eigenvalue weighted by Crippen LogP contribution is 2.30. The Kier molecular flexibility index (Phi) is 21.6. The Morgan fingerprint density at radius 1 is 0.559 bits per heavy atom. The molecule has 0 aliphatic heterocycles. The van der Waals surface area contributed by atoms with Crippen LogP contribution in [0, 0.1) is 6.92 Å². The van der Waals surface area contributed by atoms with E-state index in [-0.39, 0.29) is 0 Å². The Labute approximate surface area is 222 Å². The third kappa shape index (κ3) is 17.2. The van der Waals surface area contributed by atoms with Gasteiger partial charge in [0.25, 0.3) is 0 Å². The summed E-state index contributed by atoms with van der Waals surface area (Å²) in [5, 5.41) is 10.5. The Balaban J connectivity index is 2.11. The minimum atomic E-state index is 0.520. The zero-order chi connectivity index (χ0) is 24.7. The molecule has 1 rings (SSSR count). The molecule has 0 aliphatic rings. The second-order valence-electron chi connectivity index (χ2n) is 10.2. The molecule has 0 heterocycles. The Morgan fingerprint density at radius 3 is 1.44 bits per heavy atom. The fraction of sp³-hybridized carbons (Fsp3) is 0.806. The van der Waals surface area contributed by atoms with Crippen LogP contribution in [0.25, 0.3) is 0 Å². The molecule has 1 nitrogen and oxygen atoms in total. The molecule has 0 spiro atoms. The SMILES string of the molecule is CCCCCCCCCCCCSCc1cc(C)c(O)c(CSCCCCCCCCCC)c1. The van der Waals surface area contributed by atoms with Crippen molar-refractivity contribution in [1.82, 2.24) is 0 Å². The van der Waals surface area contributed by atoms with Crippen LogP contribution in [0.4, 0.5) is 0 Å². The van der Waals surface area contributed by atoms with Crippen molar-refractivity contribution >= 4 is 23.5 Å². The molecule has 1 aromatic carbocycles. The lowest BCUT2D eigenvalue weighted by Crippen LogP contribution is -1.92. The first-order valence-corrected chi connectivity index (χ1v) is 17.0. The van der Waals surface area contributed by atoms with Gasteiger partial charge in [-0.2, -0.15) is 23.5 Å². The van der Waals surface area contributed by atoms with Gasteiger partial charge in [0, 0.05) is 17.1 Å². The summed E-state index contributed by atoms with van der Waals surface area (Å²) in [6.45, 7) is 6.63. The van der Waals surface area contributed by atoms with Gasteiger partial charge in [-0.05, 0) is 42.4 Å². The molecule has 3 heteroatoms. The summed E-state index contributed by atoms with van der Waals surface area (Å²) in [6.07, 6.45) is 25.1. The van der Waals surface area contributed by atoms with Gasteiger partial charge in [0.05, 0.1) is 0 Å². The van der Waals surface area contributed by atoms with Crippen molar-refractivity contribution in [3.8, 4) is 5.75 Å². The molecule has 1 aromatic rings. The number of rotatable bonds is 24. The van der Waals surface area contributed by atoms with Crippen LogP contribution in [0.5, 0.6) is 5.75 Å². The largest absolute Gasteiger partial charge is 0.507 e. The minimum Gasteiger partial charge on any atom is -0.507 e. The molecular formula is C31H56OS2. The highest BCUT2D eigenvalue weighted by atomic mass is 32.2. The van der Waals surface area contributed by atoms with E-state index in [1.54, 1.807) is 0 Å².